The number of nitrogens with one attached hydrogen (secondary N) is 1. The lowest BCUT2D eigenvalue weighted by Gasteiger charge is -2.26. The van der Waals surface area contributed by atoms with Crippen molar-refractivity contribution in [2.75, 3.05) is 32.5 Å². The van der Waals surface area contributed by atoms with Crippen LogP contribution >= 0.6 is 11.6 Å². The highest BCUT2D eigenvalue weighted by Gasteiger charge is 2.19. The molecule has 0 fully saturated rings. The number of hydrogen-bond acceptors (Lipinski definition) is 3. The highest BCUT2D eigenvalue weighted by Crippen LogP contribution is 2.20. The van der Waals surface area contributed by atoms with Crippen LogP contribution in [0.2, 0.25) is 5.02 Å². The van der Waals surface area contributed by atoms with Crippen LogP contribution in [0, 0.1) is 0 Å². The maximum absolute atomic E-state index is 12.4. The molecule has 1 N–H and O–H groups in total. The highest BCUT2D eigenvalue weighted by molar-refractivity contribution is 6.33. The maximum atomic E-state index is 12.4. The molecule has 0 aliphatic carbocycles. The zero-order valence-corrected chi connectivity index (χ0v) is 16.0. The van der Waals surface area contributed by atoms with Gasteiger partial charge in [0.25, 0.3) is 0 Å². The Bertz CT molecular complexity index is 752. The molecule has 0 spiro atoms. The quantitative estimate of drug-likeness (QED) is 0.809. The minimum absolute atomic E-state index is 0.0301. The first-order valence-electron chi connectivity index (χ1n) is 8.42. The fraction of sp³-hybridized carbons (Fsp3) is 0.300. The Morgan fingerprint density at radius 3 is 2.27 bits per heavy atom. The summed E-state index contributed by atoms with van der Waals surface area (Å²) in [4.78, 5) is 27.9. The molecule has 2 aromatic carbocycles. The zero-order valence-electron chi connectivity index (χ0n) is 15.3. The molecule has 1 atom stereocenters. The van der Waals surface area contributed by atoms with Gasteiger partial charge in [0.15, 0.2) is 0 Å². The Labute approximate surface area is 159 Å². The first-order valence-corrected chi connectivity index (χ1v) is 8.80. The predicted molar refractivity (Wildman–Crippen MR) is 105 cm³/mol. The van der Waals surface area contributed by atoms with E-state index in [1.165, 1.54) is 4.90 Å². The lowest BCUT2D eigenvalue weighted by atomic mass is 10.1. The molecule has 0 aromatic heterocycles. The summed E-state index contributed by atoms with van der Waals surface area (Å²) in [6.45, 7) is 2.25. The van der Waals surface area contributed by atoms with Crippen molar-refractivity contribution < 1.29 is 9.59 Å². The Balaban J connectivity index is 1.86. The van der Waals surface area contributed by atoms with Crippen molar-refractivity contribution in [2.45, 2.75) is 13.0 Å². The molecule has 6 heteroatoms. The first-order chi connectivity index (χ1) is 12.4. The topological polar surface area (TPSA) is 52.7 Å². The van der Waals surface area contributed by atoms with Crippen LogP contribution in [0.5, 0.6) is 0 Å². The van der Waals surface area contributed by atoms with E-state index in [1.807, 2.05) is 49.2 Å². The highest BCUT2D eigenvalue weighted by atomic mass is 35.5. The van der Waals surface area contributed by atoms with Crippen molar-refractivity contribution in [3.05, 3.63) is 65.2 Å². The van der Waals surface area contributed by atoms with Gasteiger partial charge < -0.3 is 10.2 Å². The Morgan fingerprint density at radius 2 is 1.62 bits per heavy atom. The van der Waals surface area contributed by atoms with Crippen molar-refractivity contribution >= 4 is 29.1 Å². The number of benzene rings is 2. The maximum Gasteiger partial charge on any atom is 0.244 e. The van der Waals surface area contributed by atoms with E-state index in [0.29, 0.717) is 10.7 Å². The van der Waals surface area contributed by atoms with Crippen molar-refractivity contribution in [3.63, 3.8) is 0 Å². The van der Waals surface area contributed by atoms with E-state index in [-0.39, 0.29) is 30.9 Å². The van der Waals surface area contributed by atoms with Gasteiger partial charge in [-0.2, -0.15) is 0 Å². The predicted octanol–water partition coefficient (Wildman–Crippen LogP) is 3.43. The fourth-order valence-electron chi connectivity index (χ4n) is 2.51. The molecular weight excluding hydrogens is 350 g/mol. The number of anilines is 1. The molecule has 2 aromatic rings. The molecule has 0 aliphatic heterocycles. The van der Waals surface area contributed by atoms with Gasteiger partial charge in [0.05, 0.1) is 23.8 Å². The minimum Gasteiger partial charge on any atom is -0.335 e. The number of rotatable bonds is 7. The summed E-state index contributed by atoms with van der Waals surface area (Å²) in [6.07, 6.45) is 0. The Morgan fingerprint density at radius 1 is 1.00 bits per heavy atom. The number of halogens is 1. The molecule has 26 heavy (non-hydrogen) atoms. The molecule has 0 radical (unpaired) electrons. The standard InChI is InChI=1S/C20H24ClN3O2/c1-15(16-9-5-4-6-10-16)23(2)14-20(26)24(3)13-19(25)22-18-12-8-7-11-17(18)21/h4-12,15H,13-14H2,1-3H3,(H,22,25)/t15-/m0/s1. The number of carbonyl (C=O) groups is 2. The Kier molecular flexibility index (Phi) is 7.18. The summed E-state index contributed by atoms with van der Waals surface area (Å²) in [5.41, 5.74) is 1.68. The minimum atomic E-state index is -0.285. The average Bonchev–Trinajstić information content (AvgIpc) is 2.63. The normalized spacial score (nSPS) is 11.9. The third-order valence-corrected chi connectivity index (χ3v) is 4.61. The molecule has 0 saturated carbocycles. The van der Waals surface area contributed by atoms with Gasteiger partial charge in [-0.1, -0.05) is 54.1 Å². The average molecular weight is 374 g/mol. The van der Waals surface area contributed by atoms with Crippen LogP contribution in [-0.2, 0) is 9.59 Å². The van der Waals surface area contributed by atoms with Gasteiger partial charge >= 0.3 is 0 Å². The summed E-state index contributed by atoms with van der Waals surface area (Å²) in [7, 11) is 3.52. The third-order valence-electron chi connectivity index (χ3n) is 4.28. The van der Waals surface area contributed by atoms with E-state index in [0.717, 1.165) is 5.56 Å². The monoisotopic (exact) mass is 373 g/mol. The van der Waals surface area contributed by atoms with Crippen LogP contribution in [0.25, 0.3) is 0 Å². The second kappa shape index (κ2) is 9.36. The van der Waals surface area contributed by atoms with Crippen LogP contribution in [-0.4, -0.2) is 48.8 Å². The molecule has 0 saturated heterocycles. The molecule has 0 unspecified atom stereocenters. The van der Waals surface area contributed by atoms with Crippen molar-refractivity contribution in [1.82, 2.24) is 9.80 Å². The van der Waals surface area contributed by atoms with Gasteiger partial charge in [0, 0.05) is 13.1 Å². The number of nitrogens with zero attached hydrogens (tertiary/aromatic N) is 2. The van der Waals surface area contributed by atoms with Gasteiger partial charge in [-0.25, -0.2) is 0 Å². The summed E-state index contributed by atoms with van der Waals surface area (Å²) < 4.78 is 0. The third kappa shape index (κ3) is 5.58. The second-order valence-corrected chi connectivity index (χ2v) is 6.69. The van der Waals surface area contributed by atoms with Crippen molar-refractivity contribution in [3.8, 4) is 0 Å². The van der Waals surface area contributed by atoms with E-state index < -0.39 is 0 Å². The summed E-state index contributed by atoms with van der Waals surface area (Å²) in [6, 6.07) is 17.1. The molecule has 5 nitrogen and oxygen atoms in total. The van der Waals surface area contributed by atoms with E-state index in [4.69, 9.17) is 11.6 Å². The lowest BCUT2D eigenvalue weighted by Crippen LogP contribution is -2.41. The summed E-state index contributed by atoms with van der Waals surface area (Å²) in [5, 5.41) is 3.18. The fourth-order valence-corrected chi connectivity index (χ4v) is 2.70. The van der Waals surface area contributed by atoms with Crippen LogP contribution in [0.15, 0.2) is 54.6 Å². The van der Waals surface area contributed by atoms with Gasteiger partial charge in [-0.3, -0.25) is 14.5 Å². The molecule has 0 bridgehead atoms. The second-order valence-electron chi connectivity index (χ2n) is 6.28. The lowest BCUT2D eigenvalue weighted by molar-refractivity contribution is -0.134. The van der Waals surface area contributed by atoms with Gasteiger partial charge in [0.1, 0.15) is 0 Å². The number of likely N-dealkylation sites (N-methyl/N-ethyl adjacent to an activating group) is 2. The van der Waals surface area contributed by atoms with Crippen molar-refractivity contribution in [1.29, 1.82) is 0 Å². The molecule has 2 rings (SSSR count). The van der Waals surface area contributed by atoms with Crippen molar-refractivity contribution in [2.24, 2.45) is 0 Å². The number of carbonyl (C=O) groups excluding carboxylic acids is 2. The van der Waals surface area contributed by atoms with Gasteiger partial charge in [0.2, 0.25) is 11.8 Å². The molecule has 0 heterocycles. The van der Waals surface area contributed by atoms with Crippen LogP contribution in [0.1, 0.15) is 18.5 Å². The van der Waals surface area contributed by atoms with Gasteiger partial charge in [-0.05, 0) is 31.7 Å². The Hall–Kier alpha value is -2.37. The molecular formula is C20H24ClN3O2. The smallest absolute Gasteiger partial charge is 0.244 e. The van der Waals surface area contributed by atoms with E-state index >= 15 is 0 Å². The first kappa shape index (κ1) is 19.9. The van der Waals surface area contributed by atoms with Gasteiger partial charge in [-0.15, -0.1) is 0 Å². The van der Waals surface area contributed by atoms with Crippen LogP contribution < -0.4 is 5.32 Å². The molecule has 0 aliphatic rings. The number of para-hydroxylation sites is 1. The number of hydrogen-bond donors (Lipinski definition) is 1. The van der Waals surface area contributed by atoms with E-state index in [9.17, 15) is 9.59 Å². The van der Waals surface area contributed by atoms with E-state index in [2.05, 4.69) is 5.32 Å². The largest absolute Gasteiger partial charge is 0.335 e. The van der Waals surface area contributed by atoms with Crippen LogP contribution in [0.4, 0.5) is 5.69 Å². The van der Waals surface area contributed by atoms with E-state index in [1.54, 1.807) is 31.3 Å². The summed E-state index contributed by atoms with van der Waals surface area (Å²) >= 11 is 6.03. The zero-order chi connectivity index (χ0) is 19.1. The SMILES string of the molecule is C[C@@H](c1ccccc1)N(C)CC(=O)N(C)CC(=O)Nc1ccccc1Cl. The number of amides is 2. The molecule has 138 valence electrons. The molecule has 2 amide bonds. The summed E-state index contributed by atoms with van der Waals surface area (Å²) in [5.74, 6) is -0.405. The van der Waals surface area contributed by atoms with Crippen LogP contribution in [0.3, 0.4) is 0 Å².